The van der Waals surface area contributed by atoms with Gasteiger partial charge in [0.2, 0.25) is 5.91 Å². The van der Waals surface area contributed by atoms with Gasteiger partial charge in [0.15, 0.2) is 0 Å². The van der Waals surface area contributed by atoms with Crippen LogP contribution < -0.4 is 16.0 Å². The van der Waals surface area contributed by atoms with Gasteiger partial charge in [0.25, 0.3) is 0 Å². The summed E-state index contributed by atoms with van der Waals surface area (Å²) < 4.78 is 0. The van der Waals surface area contributed by atoms with Gasteiger partial charge in [-0.05, 0) is 36.2 Å². The van der Waals surface area contributed by atoms with Gasteiger partial charge in [-0.3, -0.25) is 4.79 Å². The molecule has 3 N–H and O–H groups in total. The lowest BCUT2D eigenvalue weighted by Crippen LogP contribution is -2.14. The van der Waals surface area contributed by atoms with E-state index in [4.69, 9.17) is 5.73 Å². The van der Waals surface area contributed by atoms with Gasteiger partial charge in [0.1, 0.15) is 0 Å². The number of nitrogen functional groups attached to an aromatic ring is 1. The third-order valence-corrected chi connectivity index (χ3v) is 3.32. The monoisotopic (exact) mass is 283 g/mol. The molecule has 0 aromatic heterocycles. The second kappa shape index (κ2) is 6.79. The molecule has 0 heterocycles. The third-order valence-electron chi connectivity index (χ3n) is 3.32. The van der Waals surface area contributed by atoms with E-state index in [-0.39, 0.29) is 5.91 Å². The van der Waals surface area contributed by atoms with Crippen LogP contribution in [0.3, 0.4) is 0 Å². The predicted octanol–water partition coefficient (Wildman–Crippen LogP) is 2.91. The lowest BCUT2D eigenvalue weighted by Gasteiger charge is -2.14. The summed E-state index contributed by atoms with van der Waals surface area (Å²) >= 11 is 0. The van der Waals surface area contributed by atoms with Gasteiger partial charge in [-0.1, -0.05) is 24.3 Å². The van der Waals surface area contributed by atoms with Crippen LogP contribution in [0.2, 0.25) is 0 Å². The lowest BCUT2D eigenvalue weighted by atomic mass is 10.1. The Morgan fingerprint density at radius 2 is 1.90 bits per heavy atom. The summed E-state index contributed by atoms with van der Waals surface area (Å²) in [4.78, 5) is 14.0. The Morgan fingerprint density at radius 3 is 2.62 bits per heavy atom. The summed E-state index contributed by atoms with van der Waals surface area (Å²) in [6.45, 7) is 0. The van der Waals surface area contributed by atoms with Crippen molar-refractivity contribution in [1.29, 1.82) is 0 Å². The van der Waals surface area contributed by atoms with Crippen LogP contribution in [0.4, 0.5) is 17.1 Å². The number of nitrogens with zero attached hydrogens (tertiary/aromatic N) is 1. The van der Waals surface area contributed by atoms with Crippen molar-refractivity contribution in [3.05, 3.63) is 54.1 Å². The zero-order valence-corrected chi connectivity index (χ0v) is 12.5. The van der Waals surface area contributed by atoms with E-state index < -0.39 is 0 Å². The Balaban J connectivity index is 1.93. The average molecular weight is 283 g/mol. The maximum absolute atomic E-state index is 12.0. The highest BCUT2D eigenvalue weighted by Gasteiger charge is 2.06. The average Bonchev–Trinajstić information content (AvgIpc) is 2.46. The number of hydrogen-bond acceptors (Lipinski definition) is 3. The molecule has 2 aromatic carbocycles. The summed E-state index contributed by atoms with van der Waals surface area (Å²) in [5, 5.41) is 2.92. The topological polar surface area (TPSA) is 58.4 Å². The molecule has 0 atom stereocenters. The molecule has 21 heavy (non-hydrogen) atoms. The Morgan fingerprint density at radius 1 is 1.14 bits per heavy atom. The Kier molecular flexibility index (Phi) is 4.82. The summed E-state index contributed by atoms with van der Waals surface area (Å²) in [5.41, 5.74) is 9.49. The van der Waals surface area contributed by atoms with Crippen LogP contribution in [0.5, 0.6) is 0 Å². The van der Waals surface area contributed by atoms with Crippen molar-refractivity contribution in [3.63, 3.8) is 0 Å². The first-order chi connectivity index (χ1) is 10.1. The molecule has 0 bridgehead atoms. The van der Waals surface area contributed by atoms with Crippen LogP contribution in [-0.2, 0) is 11.2 Å². The minimum absolute atomic E-state index is 0.00541. The number of nitrogens with two attached hydrogens (primary N) is 1. The van der Waals surface area contributed by atoms with Gasteiger partial charge in [-0.25, -0.2) is 0 Å². The molecule has 0 spiro atoms. The van der Waals surface area contributed by atoms with Crippen molar-refractivity contribution in [1.82, 2.24) is 0 Å². The summed E-state index contributed by atoms with van der Waals surface area (Å²) in [6.07, 6.45) is 1.06. The molecule has 0 aliphatic rings. The van der Waals surface area contributed by atoms with Gasteiger partial charge in [0.05, 0.1) is 0 Å². The van der Waals surface area contributed by atoms with E-state index in [2.05, 4.69) is 5.32 Å². The Bertz CT molecular complexity index is 623. The molecule has 2 rings (SSSR count). The van der Waals surface area contributed by atoms with Gasteiger partial charge >= 0.3 is 0 Å². The number of para-hydroxylation sites is 1. The first-order valence-corrected chi connectivity index (χ1v) is 6.97. The van der Waals surface area contributed by atoms with Crippen LogP contribution in [0, 0.1) is 0 Å². The molecule has 2 aromatic rings. The molecule has 0 saturated carbocycles. The molecule has 0 aliphatic heterocycles. The van der Waals surface area contributed by atoms with Gasteiger partial charge in [-0.15, -0.1) is 0 Å². The SMILES string of the molecule is CN(C)c1cccc(NC(=O)CCc2ccccc2N)c1. The van der Waals surface area contributed by atoms with Gasteiger partial charge in [0, 0.05) is 37.6 Å². The number of amides is 1. The first kappa shape index (κ1) is 14.9. The maximum Gasteiger partial charge on any atom is 0.224 e. The van der Waals surface area contributed by atoms with E-state index in [1.807, 2.05) is 67.5 Å². The number of aryl methyl sites for hydroxylation is 1. The van der Waals surface area contributed by atoms with Crippen LogP contribution in [0.15, 0.2) is 48.5 Å². The fraction of sp³-hybridized carbons (Fsp3) is 0.235. The van der Waals surface area contributed by atoms with Crippen molar-refractivity contribution >= 4 is 23.0 Å². The predicted molar refractivity (Wildman–Crippen MR) is 88.6 cm³/mol. The summed E-state index contributed by atoms with van der Waals surface area (Å²) in [7, 11) is 3.94. The minimum Gasteiger partial charge on any atom is -0.399 e. The van der Waals surface area contributed by atoms with Crippen molar-refractivity contribution in [3.8, 4) is 0 Å². The van der Waals surface area contributed by atoms with Crippen molar-refractivity contribution in [2.24, 2.45) is 0 Å². The van der Waals surface area contributed by atoms with E-state index in [0.29, 0.717) is 12.8 Å². The van der Waals surface area contributed by atoms with Crippen LogP contribution in [-0.4, -0.2) is 20.0 Å². The van der Waals surface area contributed by atoms with Crippen LogP contribution in [0.1, 0.15) is 12.0 Å². The largest absolute Gasteiger partial charge is 0.399 e. The number of anilines is 3. The first-order valence-electron chi connectivity index (χ1n) is 6.97. The highest BCUT2D eigenvalue weighted by atomic mass is 16.1. The van der Waals surface area contributed by atoms with E-state index in [0.717, 1.165) is 22.6 Å². The normalized spacial score (nSPS) is 10.2. The molecule has 1 amide bonds. The third kappa shape index (κ3) is 4.24. The Labute approximate surface area is 125 Å². The quantitative estimate of drug-likeness (QED) is 0.830. The standard InChI is InChI=1S/C17H21N3O/c1-20(2)15-8-5-7-14(12-15)19-17(21)11-10-13-6-3-4-9-16(13)18/h3-9,12H,10-11,18H2,1-2H3,(H,19,21). The molecule has 0 unspecified atom stereocenters. The van der Waals surface area contributed by atoms with Crippen molar-refractivity contribution in [2.45, 2.75) is 12.8 Å². The van der Waals surface area contributed by atoms with Crippen LogP contribution in [0.25, 0.3) is 0 Å². The van der Waals surface area contributed by atoms with Crippen LogP contribution >= 0.6 is 0 Å². The summed E-state index contributed by atoms with van der Waals surface area (Å²) in [5.74, 6) is -0.00541. The second-order valence-corrected chi connectivity index (χ2v) is 5.19. The molecule has 0 radical (unpaired) electrons. The number of nitrogens with one attached hydrogen (secondary N) is 1. The fourth-order valence-electron chi connectivity index (χ4n) is 2.10. The second-order valence-electron chi connectivity index (χ2n) is 5.19. The van der Waals surface area contributed by atoms with Crippen molar-refractivity contribution < 1.29 is 4.79 Å². The molecule has 0 saturated heterocycles. The molecule has 4 nitrogen and oxygen atoms in total. The zero-order chi connectivity index (χ0) is 15.2. The number of benzene rings is 2. The summed E-state index contributed by atoms with van der Waals surface area (Å²) in [6, 6.07) is 15.4. The smallest absolute Gasteiger partial charge is 0.224 e. The number of rotatable bonds is 5. The molecule has 4 heteroatoms. The van der Waals surface area contributed by atoms with E-state index >= 15 is 0 Å². The maximum atomic E-state index is 12.0. The molecular formula is C17H21N3O. The molecule has 0 fully saturated rings. The molecule has 110 valence electrons. The van der Waals surface area contributed by atoms with E-state index in [1.54, 1.807) is 0 Å². The highest BCUT2D eigenvalue weighted by molar-refractivity contribution is 5.91. The minimum atomic E-state index is -0.00541. The lowest BCUT2D eigenvalue weighted by molar-refractivity contribution is -0.116. The number of hydrogen-bond donors (Lipinski definition) is 2. The molecular weight excluding hydrogens is 262 g/mol. The number of carbonyl (C=O) groups is 1. The van der Waals surface area contributed by atoms with Gasteiger partial charge < -0.3 is 16.0 Å². The molecule has 0 aliphatic carbocycles. The van der Waals surface area contributed by atoms with Gasteiger partial charge in [-0.2, -0.15) is 0 Å². The zero-order valence-electron chi connectivity index (χ0n) is 12.5. The number of carbonyl (C=O) groups excluding carboxylic acids is 1. The van der Waals surface area contributed by atoms with E-state index in [1.165, 1.54) is 0 Å². The van der Waals surface area contributed by atoms with Crippen molar-refractivity contribution in [2.75, 3.05) is 30.0 Å². The van der Waals surface area contributed by atoms with E-state index in [9.17, 15) is 4.79 Å². The Hall–Kier alpha value is -2.49. The highest BCUT2D eigenvalue weighted by Crippen LogP contribution is 2.18. The fourth-order valence-corrected chi connectivity index (χ4v) is 2.10.